The average Bonchev–Trinajstić information content (AvgIpc) is 2.50. The highest BCUT2D eigenvalue weighted by Crippen LogP contribution is 2.27. The van der Waals surface area contributed by atoms with Crippen molar-refractivity contribution in [3.05, 3.63) is 29.8 Å². The number of amides is 1. The molecule has 3 saturated heterocycles. The lowest BCUT2D eigenvalue weighted by molar-refractivity contribution is -0.124. The lowest BCUT2D eigenvalue weighted by Crippen LogP contribution is -2.59. The van der Waals surface area contributed by atoms with Gasteiger partial charge in [0.15, 0.2) is 0 Å². The fourth-order valence-corrected chi connectivity index (χ4v) is 3.40. The Hall–Kier alpha value is -1.59. The Bertz CT molecular complexity index is 495. The normalized spacial score (nSPS) is 29.1. The molecule has 3 aliphatic heterocycles. The Morgan fingerprint density at radius 3 is 2.57 bits per heavy atom. The monoisotopic (exact) mass is 289 g/mol. The van der Waals surface area contributed by atoms with Crippen molar-refractivity contribution >= 4 is 5.91 Å². The number of nitrogens with zero attached hydrogens (tertiary/aromatic N) is 1. The first kappa shape index (κ1) is 14.4. The summed E-state index contributed by atoms with van der Waals surface area (Å²) in [5.41, 5.74) is 6.98. The minimum Gasteiger partial charge on any atom is -0.508 e. The number of carbonyl (C=O) groups is 1. The molecule has 0 radical (unpaired) electrons. The number of piperidine rings is 3. The number of nitrogens with one attached hydrogen (secondary N) is 1. The van der Waals surface area contributed by atoms with Crippen LogP contribution in [0, 0.1) is 5.92 Å². The molecule has 1 unspecified atom stereocenters. The molecule has 1 aromatic rings. The Labute approximate surface area is 125 Å². The Balaban J connectivity index is 1.54. The molecule has 5 nitrogen and oxygen atoms in total. The van der Waals surface area contributed by atoms with Crippen LogP contribution in [0.15, 0.2) is 24.3 Å². The van der Waals surface area contributed by atoms with Gasteiger partial charge in [0.2, 0.25) is 5.91 Å². The summed E-state index contributed by atoms with van der Waals surface area (Å²) in [7, 11) is 0. The minimum absolute atomic E-state index is 0.0678. The molecule has 4 N–H and O–H groups in total. The van der Waals surface area contributed by atoms with Gasteiger partial charge < -0.3 is 21.1 Å². The van der Waals surface area contributed by atoms with E-state index in [0.717, 1.165) is 25.2 Å². The van der Waals surface area contributed by atoms with Crippen molar-refractivity contribution in [3.8, 4) is 5.75 Å². The van der Waals surface area contributed by atoms with Crippen LogP contribution in [-0.2, 0) is 11.2 Å². The predicted octanol–water partition coefficient (Wildman–Crippen LogP) is 0.472. The van der Waals surface area contributed by atoms with Crippen LogP contribution in [0.3, 0.4) is 0 Å². The van der Waals surface area contributed by atoms with Crippen LogP contribution < -0.4 is 11.1 Å². The zero-order valence-electron chi connectivity index (χ0n) is 12.2. The molecular weight excluding hydrogens is 266 g/mol. The van der Waals surface area contributed by atoms with Gasteiger partial charge in [-0.15, -0.1) is 0 Å². The summed E-state index contributed by atoms with van der Waals surface area (Å²) < 4.78 is 0. The topological polar surface area (TPSA) is 78.6 Å². The van der Waals surface area contributed by atoms with Crippen molar-refractivity contribution in [1.29, 1.82) is 0 Å². The Morgan fingerprint density at radius 2 is 2.00 bits per heavy atom. The van der Waals surface area contributed by atoms with Gasteiger partial charge in [0.25, 0.3) is 0 Å². The van der Waals surface area contributed by atoms with Crippen molar-refractivity contribution in [2.75, 3.05) is 19.6 Å². The Kier molecular flexibility index (Phi) is 4.12. The van der Waals surface area contributed by atoms with Crippen LogP contribution in [0.4, 0.5) is 0 Å². The van der Waals surface area contributed by atoms with E-state index >= 15 is 0 Å². The van der Waals surface area contributed by atoms with Gasteiger partial charge in [0.1, 0.15) is 5.75 Å². The molecule has 1 amide bonds. The van der Waals surface area contributed by atoms with Crippen LogP contribution in [0.5, 0.6) is 5.75 Å². The summed E-state index contributed by atoms with van der Waals surface area (Å²) in [6, 6.07) is 6.56. The second-order valence-electron chi connectivity index (χ2n) is 6.23. The summed E-state index contributed by atoms with van der Waals surface area (Å²) in [6.07, 6.45) is 2.85. The SMILES string of the molecule is N[C@@H](Cc1ccc(O)cc1)C(=O)NC1CN2CCC1CC2. The molecule has 0 aliphatic carbocycles. The number of phenols is 1. The number of rotatable bonds is 4. The van der Waals surface area contributed by atoms with Crippen LogP contribution in [0.2, 0.25) is 0 Å². The van der Waals surface area contributed by atoms with Crippen molar-refractivity contribution in [1.82, 2.24) is 10.2 Å². The molecule has 0 spiro atoms. The van der Waals surface area contributed by atoms with Crippen LogP contribution in [0.1, 0.15) is 18.4 Å². The smallest absolute Gasteiger partial charge is 0.237 e. The summed E-state index contributed by atoms with van der Waals surface area (Å²) in [5.74, 6) is 0.769. The van der Waals surface area contributed by atoms with Gasteiger partial charge >= 0.3 is 0 Å². The fraction of sp³-hybridized carbons (Fsp3) is 0.562. The maximum atomic E-state index is 12.3. The molecular formula is C16H23N3O2. The Morgan fingerprint density at radius 1 is 1.33 bits per heavy atom. The summed E-state index contributed by atoms with van der Waals surface area (Å²) in [6.45, 7) is 3.29. The molecule has 2 bridgehead atoms. The van der Waals surface area contributed by atoms with Crippen LogP contribution in [0.25, 0.3) is 0 Å². The predicted molar refractivity (Wildman–Crippen MR) is 80.9 cm³/mol. The van der Waals surface area contributed by atoms with E-state index in [0.29, 0.717) is 12.3 Å². The first-order chi connectivity index (χ1) is 10.1. The molecule has 3 aliphatic rings. The molecule has 0 aromatic heterocycles. The van der Waals surface area contributed by atoms with E-state index in [1.807, 2.05) is 0 Å². The van der Waals surface area contributed by atoms with E-state index in [1.54, 1.807) is 24.3 Å². The maximum absolute atomic E-state index is 12.3. The molecule has 1 aromatic carbocycles. The zero-order valence-corrected chi connectivity index (χ0v) is 12.2. The first-order valence-corrected chi connectivity index (χ1v) is 7.68. The van der Waals surface area contributed by atoms with E-state index in [-0.39, 0.29) is 17.7 Å². The third-order valence-corrected chi connectivity index (χ3v) is 4.71. The van der Waals surface area contributed by atoms with Crippen LogP contribution in [-0.4, -0.2) is 47.6 Å². The van der Waals surface area contributed by atoms with E-state index < -0.39 is 6.04 Å². The molecule has 21 heavy (non-hydrogen) atoms. The van der Waals surface area contributed by atoms with Gasteiger partial charge in [0, 0.05) is 12.6 Å². The highest BCUT2D eigenvalue weighted by Gasteiger charge is 2.35. The van der Waals surface area contributed by atoms with Crippen molar-refractivity contribution in [2.45, 2.75) is 31.3 Å². The van der Waals surface area contributed by atoms with Crippen LogP contribution >= 0.6 is 0 Å². The highest BCUT2D eigenvalue weighted by atomic mass is 16.3. The number of benzene rings is 1. The summed E-state index contributed by atoms with van der Waals surface area (Å²) >= 11 is 0. The second-order valence-corrected chi connectivity index (χ2v) is 6.23. The molecule has 5 heteroatoms. The molecule has 4 rings (SSSR count). The minimum atomic E-state index is -0.537. The van der Waals surface area contributed by atoms with E-state index in [4.69, 9.17) is 5.73 Å². The van der Waals surface area contributed by atoms with E-state index in [2.05, 4.69) is 10.2 Å². The third kappa shape index (κ3) is 3.36. The fourth-order valence-electron chi connectivity index (χ4n) is 3.40. The molecule has 2 atom stereocenters. The standard InChI is InChI=1S/C16H23N3O2/c17-14(9-11-1-3-13(20)4-2-11)16(21)18-15-10-19-7-5-12(15)6-8-19/h1-4,12,14-15,20H,5-10,17H2,(H,18,21)/t14-,15?/m0/s1. The van der Waals surface area contributed by atoms with Gasteiger partial charge in [0.05, 0.1) is 6.04 Å². The maximum Gasteiger partial charge on any atom is 0.237 e. The molecule has 114 valence electrons. The average molecular weight is 289 g/mol. The van der Waals surface area contributed by atoms with Crippen molar-refractivity contribution in [2.24, 2.45) is 11.7 Å². The summed E-state index contributed by atoms with van der Waals surface area (Å²) in [4.78, 5) is 14.7. The second kappa shape index (κ2) is 6.03. The number of hydrogen-bond acceptors (Lipinski definition) is 4. The first-order valence-electron chi connectivity index (χ1n) is 7.68. The number of phenolic OH excluding ortho intramolecular Hbond substituents is 1. The van der Waals surface area contributed by atoms with Gasteiger partial charge in [-0.2, -0.15) is 0 Å². The highest BCUT2D eigenvalue weighted by molar-refractivity contribution is 5.82. The van der Waals surface area contributed by atoms with E-state index in [1.165, 1.54) is 12.8 Å². The number of nitrogens with two attached hydrogens (primary N) is 1. The molecule has 0 saturated carbocycles. The van der Waals surface area contributed by atoms with Gasteiger partial charge in [-0.1, -0.05) is 12.1 Å². The lowest BCUT2D eigenvalue weighted by atomic mass is 9.84. The number of hydrogen-bond donors (Lipinski definition) is 3. The largest absolute Gasteiger partial charge is 0.508 e. The number of carbonyl (C=O) groups excluding carboxylic acids is 1. The van der Waals surface area contributed by atoms with Crippen molar-refractivity contribution in [3.63, 3.8) is 0 Å². The third-order valence-electron chi connectivity index (χ3n) is 4.71. The quantitative estimate of drug-likeness (QED) is 0.753. The summed E-state index contributed by atoms with van der Waals surface area (Å²) in [5, 5.41) is 12.4. The van der Waals surface area contributed by atoms with Gasteiger partial charge in [-0.05, 0) is 56.0 Å². The number of aromatic hydroxyl groups is 1. The van der Waals surface area contributed by atoms with E-state index in [9.17, 15) is 9.90 Å². The molecule has 3 heterocycles. The zero-order chi connectivity index (χ0) is 14.8. The van der Waals surface area contributed by atoms with Gasteiger partial charge in [-0.3, -0.25) is 4.79 Å². The van der Waals surface area contributed by atoms with Crippen molar-refractivity contribution < 1.29 is 9.90 Å². The molecule has 3 fully saturated rings. The lowest BCUT2D eigenvalue weighted by Gasteiger charge is -2.45. The number of fused-ring (bicyclic) bond motifs is 3. The van der Waals surface area contributed by atoms with Gasteiger partial charge in [-0.25, -0.2) is 0 Å².